The molecule has 1 aliphatic rings. The fraction of sp³-hybridized carbons (Fsp3) is 0.538. The first-order valence-electron chi connectivity index (χ1n) is 6.27. The molecule has 0 atom stereocenters. The summed E-state index contributed by atoms with van der Waals surface area (Å²) in [6.45, 7) is 5.52. The zero-order chi connectivity index (χ0) is 13.1. The van der Waals surface area contributed by atoms with E-state index < -0.39 is 0 Å². The molecule has 0 radical (unpaired) electrons. The third kappa shape index (κ3) is 2.72. The summed E-state index contributed by atoms with van der Waals surface area (Å²) in [5.41, 5.74) is 1.26. The number of nitrogens with zero attached hydrogens (tertiary/aromatic N) is 1. The highest BCUT2D eigenvalue weighted by atomic mass is 32.1. The molecule has 0 bridgehead atoms. The minimum Gasteiger partial charge on any atom is -0.353 e. The van der Waals surface area contributed by atoms with Gasteiger partial charge < -0.3 is 10.2 Å². The topological polar surface area (TPSA) is 49.4 Å². The lowest BCUT2D eigenvalue weighted by Gasteiger charge is -2.26. The molecule has 5 heteroatoms. The maximum Gasteiger partial charge on any atom is 0.264 e. The molecule has 1 saturated heterocycles. The SMILES string of the molecule is CCCc1cc(C(=O)N2CCNC(=O)C2)sc1C. The van der Waals surface area contributed by atoms with Gasteiger partial charge in [-0.05, 0) is 25.0 Å². The van der Waals surface area contributed by atoms with Crippen LogP contribution < -0.4 is 5.32 Å². The van der Waals surface area contributed by atoms with Gasteiger partial charge in [0, 0.05) is 18.0 Å². The molecule has 1 N–H and O–H groups in total. The Hall–Kier alpha value is -1.36. The highest BCUT2D eigenvalue weighted by Gasteiger charge is 2.23. The molecule has 98 valence electrons. The van der Waals surface area contributed by atoms with E-state index in [2.05, 4.69) is 19.2 Å². The number of carbonyl (C=O) groups excluding carboxylic acids is 2. The van der Waals surface area contributed by atoms with Crippen molar-refractivity contribution >= 4 is 23.2 Å². The summed E-state index contributed by atoms with van der Waals surface area (Å²) < 4.78 is 0. The average Bonchev–Trinajstić information content (AvgIpc) is 2.71. The van der Waals surface area contributed by atoms with Gasteiger partial charge in [-0.15, -0.1) is 11.3 Å². The lowest BCUT2D eigenvalue weighted by molar-refractivity contribution is -0.123. The summed E-state index contributed by atoms with van der Waals surface area (Å²) in [7, 11) is 0. The van der Waals surface area contributed by atoms with Gasteiger partial charge in [0.25, 0.3) is 5.91 Å². The van der Waals surface area contributed by atoms with Crippen LogP contribution in [0.1, 0.15) is 33.5 Å². The summed E-state index contributed by atoms with van der Waals surface area (Å²) in [5, 5.41) is 2.73. The second-order valence-corrected chi connectivity index (χ2v) is 5.78. The molecule has 0 spiro atoms. The Morgan fingerprint density at radius 3 is 3.00 bits per heavy atom. The Morgan fingerprint density at radius 2 is 2.33 bits per heavy atom. The summed E-state index contributed by atoms with van der Waals surface area (Å²) >= 11 is 1.53. The number of hydrogen-bond donors (Lipinski definition) is 1. The van der Waals surface area contributed by atoms with Crippen LogP contribution in [0, 0.1) is 6.92 Å². The molecular formula is C13H18N2O2S. The van der Waals surface area contributed by atoms with Gasteiger partial charge in [0.15, 0.2) is 0 Å². The first kappa shape index (κ1) is 13.1. The molecule has 0 aliphatic carbocycles. The van der Waals surface area contributed by atoms with Crippen molar-refractivity contribution in [3.8, 4) is 0 Å². The Labute approximate surface area is 111 Å². The van der Waals surface area contributed by atoms with Crippen LogP contribution >= 0.6 is 11.3 Å². The zero-order valence-electron chi connectivity index (χ0n) is 10.8. The third-order valence-corrected chi connectivity index (χ3v) is 4.16. The van der Waals surface area contributed by atoms with E-state index in [-0.39, 0.29) is 18.4 Å². The fourth-order valence-corrected chi connectivity index (χ4v) is 3.15. The lowest BCUT2D eigenvalue weighted by atomic mass is 10.1. The molecule has 2 amide bonds. The van der Waals surface area contributed by atoms with Crippen LogP contribution in [0.4, 0.5) is 0 Å². The van der Waals surface area contributed by atoms with E-state index in [0.717, 1.165) is 17.7 Å². The second-order valence-electron chi connectivity index (χ2n) is 4.52. The van der Waals surface area contributed by atoms with Crippen molar-refractivity contribution in [1.82, 2.24) is 10.2 Å². The number of amides is 2. The maximum atomic E-state index is 12.3. The molecule has 1 aromatic heterocycles. The van der Waals surface area contributed by atoms with E-state index in [1.807, 2.05) is 6.07 Å². The second kappa shape index (κ2) is 5.52. The number of piperazine rings is 1. The lowest BCUT2D eigenvalue weighted by Crippen LogP contribution is -2.49. The molecule has 0 saturated carbocycles. The Morgan fingerprint density at radius 1 is 1.56 bits per heavy atom. The highest BCUT2D eigenvalue weighted by molar-refractivity contribution is 7.14. The van der Waals surface area contributed by atoms with Crippen LogP contribution in [0.5, 0.6) is 0 Å². The van der Waals surface area contributed by atoms with Crippen molar-refractivity contribution in [2.24, 2.45) is 0 Å². The van der Waals surface area contributed by atoms with Gasteiger partial charge >= 0.3 is 0 Å². The van der Waals surface area contributed by atoms with Crippen LogP contribution in [0.15, 0.2) is 6.07 Å². The van der Waals surface area contributed by atoms with Crippen LogP contribution in [0.25, 0.3) is 0 Å². The van der Waals surface area contributed by atoms with Crippen LogP contribution in [0.2, 0.25) is 0 Å². The predicted octanol–water partition coefficient (Wildman–Crippen LogP) is 1.58. The Balaban J connectivity index is 2.13. The van der Waals surface area contributed by atoms with Gasteiger partial charge in [0.1, 0.15) is 0 Å². The summed E-state index contributed by atoms with van der Waals surface area (Å²) in [5.74, 6) is -0.0861. The normalized spacial score (nSPS) is 15.7. The van der Waals surface area contributed by atoms with Gasteiger partial charge in [-0.3, -0.25) is 9.59 Å². The van der Waals surface area contributed by atoms with Gasteiger partial charge in [0.2, 0.25) is 5.91 Å². The van der Waals surface area contributed by atoms with Crippen molar-refractivity contribution in [1.29, 1.82) is 0 Å². The monoisotopic (exact) mass is 266 g/mol. The largest absolute Gasteiger partial charge is 0.353 e. The number of nitrogens with one attached hydrogen (secondary N) is 1. The molecule has 0 unspecified atom stereocenters. The summed E-state index contributed by atoms with van der Waals surface area (Å²) in [6.07, 6.45) is 2.09. The molecular weight excluding hydrogens is 248 g/mol. The quantitative estimate of drug-likeness (QED) is 0.903. The number of thiophene rings is 1. The first-order valence-corrected chi connectivity index (χ1v) is 7.08. The van der Waals surface area contributed by atoms with E-state index in [1.165, 1.54) is 21.8 Å². The number of aryl methyl sites for hydroxylation is 2. The van der Waals surface area contributed by atoms with Gasteiger partial charge in [-0.25, -0.2) is 0 Å². The smallest absolute Gasteiger partial charge is 0.264 e. The van der Waals surface area contributed by atoms with Crippen molar-refractivity contribution < 1.29 is 9.59 Å². The molecule has 1 fully saturated rings. The van der Waals surface area contributed by atoms with E-state index in [4.69, 9.17) is 0 Å². The molecule has 2 rings (SSSR count). The van der Waals surface area contributed by atoms with E-state index >= 15 is 0 Å². The number of hydrogen-bond acceptors (Lipinski definition) is 3. The fourth-order valence-electron chi connectivity index (χ4n) is 2.11. The summed E-state index contributed by atoms with van der Waals surface area (Å²) in [4.78, 5) is 27.1. The van der Waals surface area contributed by atoms with Crippen molar-refractivity contribution in [2.45, 2.75) is 26.7 Å². The summed E-state index contributed by atoms with van der Waals surface area (Å²) in [6, 6.07) is 1.98. The molecule has 0 aromatic carbocycles. The van der Waals surface area contributed by atoms with Gasteiger partial charge in [0.05, 0.1) is 11.4 Å². The third-order valence-electron chi connectivity index (χ3n) is 3.08. The van der Waals surface area contributed by atoms with Crippen LogP contribution in [-0.4, -0.2) is 36.3 Å². The minimum atomic E-state index is -0.0725. The van der Waals surface area contributed by atoms with Crippen molar-refractivity contribution in [3.05, 3.63) is 21.4 Å². The molecule has 1 aliphatic heterocycles. The maximum absolute atomic E-state index is 12.3. The van der Waals surface area contributed by atoms with Gasteiger partial charge in [-0.2, -0.15) is 0 Å². The van der Waals surface area contributed by atoms with Crippen molar-refractivity contribution in [2.75, 3.05) is 19.6 Å². The van der Waals surface area contributed by atoms with E-state index in [0.29, 0.717) is 13.1 Å². The predicted molar refractivity (Wildman–Crippen MR) is 72.0 cm³/mol. The minimum absolute atomic E-state index is 0.0136. The Kier molecular flexibility index (Phi) is 4.01. The van der Waals surface area contributed by atoms with E-state index in [9.17, 15) is 9.59 Å². The van der Waals surface area contributed by atoms with Gasteiger partial charge in [-0.1, -0.05) is 13.3 Å². The highest BCUT2D eigenvalue weighted by Crippen LogP contribution is 2.24. The Bertz CT molecular complexity index is 468. The average molecular weight is 266 g/mol. The molecule has 1 aromatic rings. The van der Waals surface area contributed by atoms with Crippen LogP contribution in [0.3, 0.4) is 0 Å². The van der Waals surface area contributed by atoms with Crippen LogP contribution in [-0.2, 0) is 11.2 Å². The molecule has 18 heavy (non-hydrogen) atoms. The van der Waals surface area contributed by atoms with E-state index in [1.54, 1.807) is 4.90 Å². The first-order chi connectivity index (χ1) is 8.61. The zero-order valence-corrected chi connectivity index (χ0v) is 11.6. The number of rotatable bonds is 3. The molecule has 4 nitrogen and oxygen atoms in total. The molecule has 2 heterocycles. The standard InChI is InChI=1S/C13H18N2O2S/c1-3-4-10-7-11(18-9(10)2)13(17)15-6-5-14-12(16)8-15/h7H,3-6,8H2,1-2H3,(H,14,16). The number of carbonyl (C=O) groups is 2. The van der Waals surface area contributed by atoms with Crippen molar-refractivity contribution in [3.63, 3.8) is 0 Å².